The van der Waals surface area contributed by atoms with Crippen LogP contribution in [0.5, 0.6) is 0 Å². The summed E-state index contributed by atoms with van der Waals surface area (Å²) in [6.07, 6.45) is -1.07. The molecule has 0 aliphatic carbocycles. The third kappa shape index (κ3) is 4.68. The first-order chi connectivity index (χ1) is 10.6. The molecule has 0 saturated heterocycles. The van der Waals surface area contributed by atoms with Crippen molar-refractivity contribution in [3.05, 3.63) is 68.6 Å². The van der Waals surface area contributed by atoms with Crippen molar-refractivity contribution in [3.63, 3.8) is 0 Å². The average molecular weight is 428 g/mol. The molecular formula is C16H12Br2O4. The molecule has 0 aliphatic heterocycles. The van der Waals surface area contributed by atoms with E-state index in [1.165, 1.54) is 0 Å². The summed E-state index contributed by atoms with van der Waals surface area (Å²) in [4.78, 5) is 22.8. The number of carbonyl (C=O) groups excluding carboxylic acids is 2. The van der Waals surface area contributed by atoms with Gasteiger partial charge in [0.2, 0.25) is 6.10 Å². The monoisotopic (exact) mass is 426 g/mol. The smallest absolute Gasteiger partial charge is 0.352 e. The second kappa shape index (κ2) is 8.10. The maximum absolute atomic E-state index is 12.1. The Balaban J connectivity index is 2.06. The van der Waals surface area contributed by atoms with Crippen LogP contribution >= 0.6 is 31.9 Å². The number of carbonyl (C=O) groups is 2. The van der Waals surface area contributed by atoms with Gasteiger partial charge >= 0.3 is 5.97 Å². The summed E-state index contributed by atoms with van der Waals surface area (Å²) >= 11 is 6.66. The highest BCUT2D eigenvalue weighted by Gasteiger charge is 2.23. The predicted molar refractivity (Wildman–Crippen MR) is 88.0 cm³/mol. The number of rotatable bonds is 6. The molecule has 2 aromatic carbocycles. The molecule has 4 nitrogen and oxygen atoms in total. The lowest BCUT2D eigenvalue weighted by atomic mass is 10.1. The second-order valence-corrected chi connectivity index (χ2v) is 6.23. The summed E-state index contributed by atoms with van der Waals surface area (Å²) in [5.41, 5.74) is 1.39. The number of benzene rings is 2. The van der Waals surface area contributed by atoms with Crippen molar-refractivity contribution in [2.75, 3.05) is 0 Å². The van der Waals surface area contributed by atoms with Gasteiger partial charge in [-0.3, -0.25) is 4.79 Å². The highest BCUT2D eigenvalue weighted by molar-refractivity contribution is 9.10. The molecular weight excluding hydrogens is 416 g/mol. The number of halogens is 2. The summed E-state index contributed by atoms with van der Waals surface area (Å²) < 4.78 is 11.9. The van der Waals surface area contributed by atoms with E-state index in [0.29, 0.717) is 5.56 Å². The van der Waals surface area contributed by atoms with Crippen molar-refractivity contribution in [1.29, 1.82) is 0 Å². The zero-order valence-electron chi connectivity index (χ0n) is 11.4. The normalized spacial score (nSPS) is 11.5. The molecule has 22 heavy (non-hydrogen) atoms. The van der Waals surface area contributed by atoms with Crippen LogP contribution in [0.15, 0.2) is 57.5 Å². The third-order valence-electron chi connectivity index (χ3n) is 2.85. The van der Waals surface area contributed by atoms with Crippen LogP contribution in [0.25, 0.3) is 0 Å². The summed E-state index contributed by atoms with van der Waals surface area (Å²) in [5.74, 6) is -0.616. The minimum Gasteiger partial charge on any atom is -0.458 e. The van der Waals surface area contributed by atoms with E-state index in [9.17, 15) is 9.59 Å². The van der Waals surface area contributed by atoms with Gasteiger partial charge in [0.15, 0.2) is 0 Å². The standard InChI is InChI=1S/C16H12Br2O4/c17-13-6-4-12(5-7-13)15(22-10-19)16(20)21-9-11-2-1-3-14(18)8-11/h1-8,10,15H,9H2. The van der Waals surface area contributed by atoms with Crippen LogP contribution in [0, 0.1) is 0 Å². The lowest BCUT2D eigenvalue weighted by molar-refractivity contribution is -0.163. The van der Waals surface area contributed by atoms with E-state index in [1.54, 1.807) is 24.3 Å². The Morgan fingerprint density at radius 2 is 1.82 bits per heavy atom. The molecule has 0 N–H and O–H groups in total. The number of esters is 1. The van der Waals surface area contributed by atoms with E-state index in [-0.39, 0.29) is 13.1 Å². The topological polar surface area (TPSA) is 52.6 Å². The molecule has 0 amide bonds. The van der Waals surface area contributed by atoms with E-state index < -0.39 is 12.1 Å². The van der Waals surface area contributed by atoms with Crippen molar-refractivity contribution in [2.24, 2.45) is 0 Å². The highest BCUT2D eigenvalue weighted by Crippen LogP contribution is 2.22. The van der Waals surface area contributed by atoms with E-state index in [2.05, 4.69) is 31.9 Å². The van der Waals surface area contributed by atoms with Gasteiger partial charge in [-0.05, 0) is 29.8 Å². The van der Waals surface area contributed by atoms with E-state index in [4.69, 9.17) is 9.47 Å². The quantitative estimate of drug-likeness (QED) is 0.512. The first-order valence-electron chi connectivity index (χ1n) is 6.36. The molecule has 6 heteroatoms. The van der Waals surface area contributed by atoms with Crippen molar-refractivity contribution < 1.29 is 19.1 Å². The summed E-state index contributed by atoms with van der Waals surface area (Å²) in [5, 5.41) is 0. The molecule has 0 saturated carbocycles. The van der Waals surface area contributed by atoms with Crippen LogP contribution in [-0.2, 0) is 25.7 Å². The Morgan fingerprint density at radius 1 is 1.09 bits per heavy atom. The molecule has 0 aromatic heterocycles. The number of hydrogen-bond donors (Lipinski definition) is 0. The fourth-order valence-corrected chi connectivity index (χ4v) is 2.53. The maximum Gasteiger partial charge on any atom is 0.352 e. The van der Waals surface area contributed by atoms with Gasteiger partial charge in [0.25, 0.3) is 6.47 Å². The number of hydrogen-bond acceptors (Lipinski definition) is 4. The van der Waals surface area contributed by atoms with E-state index >= 15 is 0 Å². The average Bonchev–Trinajstić information content (AvgIpc) is 2.51. The van der Waals surface area contributed by atoms with Crippen LogP contribution in [-0.4, -0.2) is 12.4 Å². The van der Waals surface area contributed by atoms with Crippen molar-refractivity contribution in [1.82, 2.24) is 0 Å². The van der Waals surface area contributed by atoms with Crippen molar-refractivity contribution in [2.45, 2.75) is 12.7 Å². The molecule has 0 bridgehead atoms. The molecule has 1 unspecified atom stereocenters. The van der Waals surface area contributed by atoms with Crippen LogP contribution in [0.2, 0.25) is 0 Å². The summed E-state index contributed by atoms with van der Waals surface area (Å²) in [6.45, 7) is 0.348. The van der Waals surface area contributed by atoms with Gasteiger partial charge in [0.1, 0.15) is 6.61 Å². The SMILES string of the molecule is O=COC(C(=O)OCc1cccc(Br)c1)c1ccc(Br)cc1. The highest BCUT2D eigenvalue weighted by atomic mass is 79.9. The van der Waals surface area contributed by atoms with Gasteiger partial charge in [-0.1, -0.05) is 56.1 Å². The maximum atomic E-state index is 12.1. The molecule has 2 rings (SSSR count). The Hall–Kier alpha value is -1.66. The Morgan fingerprint density at radius 3 is 2.45 bits per heavy atom. The fourth-order valence-electron chi connectivity index (χ4n) is 1.82. The minimum absolute atomic E-state index is 0.105. The van der Waals surface area contributed by atoms with Crippen LogP contribution in [0.4, 0.5) is 0 Å². The first-order valence-corrected chi connectivity index (χ1v) is 7.94. The van der Waals surface area contributed by atoms with E-state index in [0.717, 1.165) is 14.5 Å². The lowest BCUT2D eigenvalue weighted by Gasteiger charge is -2.15. The zero-order valence-corrected chi connectivity index (χ0v) is 14.5. The zero-order chi connectivity index (χ0) is 15.9. The van der Waals surface area contributed by atoms with Crippen molar-refractivity contribution in [3.8, 4) is 0 Å². The first kappa shape index (κ1) is 16.7. The van der Waals surface area contributed by atoms with Gasteiger partial charge in [0, 0.05) is 14.5 Å². The molecule has 2 aromatic rings. The molecule has 0 spiro atoms. The minimum atomic E-state index is -1.07. The second-order valence-electron chi connectivity index (χ2n) is 4.40. The Bertz CT molecular complexity index is 655. The van der Waals surface area contributed by atoms with Gasteiger partial charge in [-0.2, -0.15) is 0 Å². The Labute approximate surface area is 144 Å². The molecule has 1 atom stereocenters. The van der Waals surface area contributed by atoms with E-state index in [1.807, 2.05) is 24.3 Å². The van der Waals surface area contributed by atoms with Gasteiger partial charge in [-0.25, -0.2) is 4.79 Å². The molecule has 0 aliphatic rings. The summed E-state index contributed by atoms with van der Waals surface area (Å²) in [7, 11) is 0. The fraction of sp³-hybridized carbons (Fsp3) is 0.125. The van der Waals surface area contributed by atoms with Gasteiger partial charge < -0.3 is 9.47 Å². The summed E-state index contributed by atoms with van der Waals surface area (Å²) in [6, 6.07) is 14.3. The van der Waals surface area contributed by atoms with Crippen molar-refractivity contribution >= 4 is 44.3 Å². The van der Waals surface area contributed by atoms with Crippen LogP contribution in [0.1, 0.15) is 17.2 Å². The third-order valence-corrected chi connectivity index (χ3v) is 3.87. The molecule has 114 valence electrons. The number of ether oxygens (including phenoxy) is 2. The molecule has 0 heterocycles. The van der Waals surface area contributed by atoms with Gasteiger partial charge in [-0.15, -0.1) is 0 Å². The Kier molecular flexibility index (Phi) is 6.15. The largest absolute Gasteiger partial charge is 0.458 e. The van der Waals surface area contributed by atoms with Gasteiger partial charge in [0.05, 0.1) is 0 Å². The van der Waals surface area contributed by atoms with Crippen LogP contribution < -0.4 is 0 Å². The molecule has 0 fully saturated rings. The predicted octanol–water partition coefficient (Wildman–Crippen LogP) is 4.17. The molecule has 0 radical (unpaired) electrons. The lowest BCUT2D eigenvalue weighted by Crippen LogP contribution is -2.18. The van der Waals surface area contributed by atoms with Crippen LogP contribution in [0.3, 0.4) is 0 Å².